The summed E-state index contributed by atoms with van der Waals surface area (Å²) in [6.07, 6.45) is 5.52. The first-order valence-corrected chi connectivity index (χ1v) is 11.5. The van der Waals surface area contributed by atoms with Crippen LogP contribution in [0.2, 0.25) is 0 Å². The molecule has 1 amide bonds. The number of fused-ring (bicyclic) bond motifs is 1. The molecule has 1 aromatic rings. The van der Waals surface area contributed by atoms with Crippen molar-refractivity contribution in [1.29, 1.82) is 0 Å². The molecule has 28 heavy (non-hydrogen) atoms. The Hall–Kier alpha value is -1.35. The van der Waals surface area contributed by atoms with E-state index in [2.05, 4.69) is 0 Å². The highest BCUT2D eigenvalue weighted by Gasteiger charge is 2.27. The van der Waals surface area contributed by atoms with Crippen molar-refractivity contribution in [2.75, 3.05) is 43.3 Å². The number of halogens is 1. The summed E-state index contributed by atoms with van der Waals surface area (Å²) in [7, 11) is -3.29. The molecule has 0 bridgehead atoms. The second kappa shape index (κ2) is 9.91. The third-order valence-electron chi connectivity index (χ3n) is 5.23. The van der Waals surface area contributed by atoms with Gasteiger partial charge in [-0.15, -0.1) is 12.4 Å². The minimum Gasteiger partial charge on any atom is -0.378 e. The second-order valence-corrected chi connectivity index (χ2v) is 9.19. The van der Waals surface area contributed by atoms with Crippen molar-refractivity contribution < 1.29 is 17.9 Å². The minimum absolute atomic E-state index is 0. The van der Waals surface area contributed by atoms with Gasteiger partial charge >= 0.3 is 0 Å². The number of hydrogen-bond acceptors (Lipinski definition) is 5. The lowest BCUT2D eigenvalue weighted by atomic mass is 9.99. The standard InChI is InChI=1S/C19H29N3O4S.ClH/c1-27(24,25)22-10-2-4-15-14-16(5-6-18(15)22)19(23)21-11-7-17(8-12-21)26-13-3-9-20;/h5-6,14,17H,2-4,7-13,20H2,1H3;1H. The molecule has 2 heterocycles. The number of nitrogens with zero attached hydrogens (tertiary/aromatic N) is 2. The Morgan fingerprint density at radius 3 is 2.61 bits per heavy atom. The Morgan fingerprint density at radius 1 is 1.25 bits per heavy atom. The van der Waals surface area contributed by atoms with E-state index < -0.39 is 10.0 Å². The molecule has 158 valence electrons. The Bertz CT molecular complexity index is 779. The summed E-state index contributed by atoms with van der Waals surface area (Å²) in [6, 6.07) is 5.37. The van der Waals surface area contributed by atoms with E-state index in [0.29, 0.717) is 44.0 Å². The number of carbonyl (C=O) groups excluding carboxylic acids is 1. The maximum absolute atomic E-state index is 12.9. The number of piperidine rings is 1. The van der Waals surface area contributed by atoms with Gasteiger partial charge in [0.2, 0.25) is 10.0 Å². The zero-order valence-corrected chi connectivity index (χ0v) is 17.9. The summed E-state index contributed by atoms with van der Waals surface area (Å²) in [4.78, 5) is 14.7. The van der Waals surface area contributed by atoms with Crippen molar-refractivity contribution in [2.45, 2.75) is 38.2 Å². The molecule has 2 N–H and O–H groups in total. The van der Waals surface area contributed by atoms with Crippen LogP contribution in [0.5, 0.6) is 0 Å². The number of likely N-dealkylation sites (tertiary alicyclic amines) is 1. The van der Waals surface area contributed by atoms with E-state index in [0.717, 1.165) is 37.7 Å². The van der Waals surface area contributed by atoms with Gasteiger partial charge in [-0.1, -0.05) is 0 Å². The Kier molecular flexibility index (Phi) is 8.12. The molecule has 0 saturated carbocycles. The molecule has 0 radical (unpaired) electrons. The van der Waals surface area contributed by atoms with Gasteiger partial charge in [-0.2, -0.15) is 0 Å². The lowest BCUT2D eigenvalue weighted by molar-refractivity contribution is 0.00844. The van der Waals surface area contributed by atoms with Crippen LogP contribution in [0.25, 0.3) is 0 Å². The Labute approximate surface area is 173 Å². The van der Waals surface area contributed by atoms with Gasteiger partial charge in [-0.3, -0.25) is 9.10 Å². The highest BCUT2D eigenvalue weighted by Crippen LogP contribution is 2.30. The van der Waals surface area contributed by atoms with Crippen LogP contribution in [0.3, 0.4) is 0 Å². The van der Waals surface area contributed by atoms with Crippen LogP contribution in [-0.2, 0) is 21.2 Å². The maximum Gasteiger partial charge on any atom is 0.253 e. The maximum atomic E-state index is 12.9. The van der Waals surface area contributed by atoms with Crippen LogP contribution < -0.4 is 10.0 Å². The number of anilines is 1. The lowest BCUT2D eigenvalue weighted by Gasteiger charge is -2.33. The monoisotopic (exact) mass is 431 g/mol. The number of rotatable bonds is 6. The molecule has 1 fully saturated rings. The molecule has 0 atom stereocenters. The molecule has 0 aliphatic carbocycles. The van der Waals surface area contributed by atoms with Gasteiger partial charge in [-0.25, -0.2) is 8.42 Å². The SMILES string of the molecule is CS(=O)(=O)N1CCCc2cc(C(=O)N3CCC(OCCCN)CC3)ccc21.Cl. The number of ether oxygens (including phenoxy) is 1. The lowest BCUT2D eigenvalue weighted by Crippen LogP contribution is -2.41. The zero-order valence-electron chi connectivity index (χ0n) is 16.3. The molecule has 0 aromatic heterocycles. The second-order valence-electron chi connectivity index (χ2n) is 7.29. The first kappa shape index (κ1) is 22.9. The molecule has 0 unspecified atom stereocenters. The van der Waals surface area contributed by atoms with E-state index >= 15 is 0 Å². The van der Waals surface area contributed by atoms with Crippen molar-refractivity contribution >= 4 is 34.0 Å². The molecule has 2 aliphatic heterocycles. The molecule has 3 rings (SSSR count). The number of amides is 1. The Morgan fingerprint density at radius 2 is 1.96 bits per heavy atom. The van der Waals surface area contributed by atoms with Crippen LogP contribution >= 0.6 is 12.4 Å². The fourth-order valence-corrected chi connectivity index (χ4v) is 4.78. The number of benzene rings is 1. The highest BCUT2D eigenvalue weighted by atomic mass is 35.5. The third-order valence-corrected chi connectivity index (χ3v) is 6.41. The van der Waals surface area contributed by atoms with E-state index in [-0.39, 0.29) is 24.4 Å². The molecule has 7 nitrogen and oxygen atoms in total. The summed E-state index contributed by atoms with van der Waals surface area (Å²) in [6.45, 7) is 3.16. The van der Waals surface area contributed by atoms with E-state index in [1.54, 1.807) is 12.1 Å². The normalized spacial score (nSPS) is 17.8. The fourth-order valence-electron chi connectivity index (χ4n) is 3.78. The fraction of sp³-hybridized carbons (Fsp3) is 0.632. The molecule has 0 spiro atoms. The quantitative estimate of drug-likeness (QED) is 0.693. The number of hydrogen-bond donors (Lipinski definition) is 1. The van der Waals surface area contributed by atoms with Crippen LogP contribution in [0.4, 0.5) is 5.69 Å². The van der Waals surface area contributed by atoms with E-state index in [4.69, 9.17) is 10.5 Å². The van der Waals surface area contributed by atoms with E-state index in [1.165, 1.54) is 10.6 Å². The zero-order chi connectivity index (χ0) is 19.4. The van der Waals surface area contributed by atoms with Crippen molar-refractivity contribution in [1.82, 2.24) is 4.90 Å². The van der Waals surface area contributed by atoms with Crippen molar-refractivity contribution in [3.05, 3.63) is 29.3 Å². The molecule has 1 aromatic carbocycles. The average molecular weight is 432 g/mol. The predicted molar refractivity (Wildman–Crippen MR) is 113 cm³/mol. The molecule has 2 aliphatic rings. The topological polar surface area (TPSA) is 92.9 Å². The third kappa shape index (κ3) is 5.37. The first-order valence-electron chi connectivity index (χ1n) is 9.61. The largest absolute Gasteiger partial charge is 0.378 e. The van der Waals surface area contributed by atoms with Gasteiger partial charge in [-0.05, 0) is 62.4 Å². The van der Waals surface area contributed by atoms with Crippen molar-refractivity contribution in [3.8, 4) is 0 Å². The molecule has 1 saturated heterocycles. The molecular formula is C19H30ClN3O4S. The number of sulfonamides is 1. The van der Waals surface area contributed by atoms with Crippen LogP contribution in [0.15, 0.2) is 18.2 Å². The number of aryl methyl sites for hydroxylation is 1. The van der Waals surface area contributed by atoms with Gasteiger partial charge in [0.15, 0.2) is 0 Å². The van der Waals surface area contributed by atoms with E-state index in [1.807, 2.05) is 11.0 Å². The van der Waals surface area contributed by atoms with Crippen LogP contribution in [0, 0.1) is 0 Å². The predicted octanol–water partition coefficient (Wildman–Crippen LogP) is 1.79. The Balaban J connectivity index is 0.00000280. The molecular weight excluding hydrogens is 402 g/mol. The van der Waals surface area contributed by atoms with Crippen molar-refractivity contribution in [3.63, 3.8) is 0 Å². The highest BCUT2D eigenvalue weighted by molar-refractivity contribution is 7.92. The van der Waals surface area contributed by atoms with Crippen molar-refractivity contribution in [2.24, 2.45) is 5.73 Å². The van der Waals surface area contributed by atoms with Gasteiger partial charge < -0.3 is 15.4 Å². The van der Waals surface area contributed by atoms with Crippen LogP contribution in [-0.4, -0.2) is 64.4 Å². The van der Waals surface area contributed by atoms with Gasteiger partial charge in [0.25, 0.3) is 5.91 Å². The van der Waals surface area contributed by atoms with Gasteiger partial charge in [0, 0.05) is 31.8 Å². The summed E-state index contributed by atoms with van der Waals surface area (Å²) < 4.78 is 31.2. The molecule has 9 heteroatoms. The summed E-state index contributed by atoms with van der Waals surface area (Å²) in [5, 5.41) is 0. The smallest absolute Gasteiger partial charge is 0.253 e. The summed E-state index contributed by atoms with van der Waals surface area (Å²) in [5.74, 6) is 0.00897. The number of carbonyl (C=O) groups is 1. The van der Waals surface area contributed by atoms with Gasteiger partial charge in [0.1, 0.15) is 0 Å². The summed E-state index contributed by atoms with van der Waals surface area (Å²) >= 11 is 0. The van der Waals surface area contributed by atoms with Gasteiger partial charge in [0.05, 0.1) is 18.0 Å². The van der Waals surface area contributed by atoms with E-state index in [9.17, 15) is 13.2 Å². The van der Waals surface area contributed by atoms with Crippen LogP contribution in [0.1, 0.15) is 41.6 Å². The minimum atomic E-state index is -3.29. The summed E-state index contributed by atoms with van der Waals surface area (Å²) in [5.41, 5.74) is 7.74. The number of nitrogens with two attached hydrogens (primary N) is 1. The average Bonchev–Trinajstić information content (AvgIpc) is 2.66. The first-order chi connectivity index (χ1) is 12.9.